The van der Waals surface area contributed by atoms with Gasteiger partial charge < -0.3 is 5.21 Å². The number of nitrogens with zero attached hydrogens (tertiary/aromatic N) is 4. The Bertz CT molecular complexity index is 1130. The summed E-state index contributed by atoms with van der Waals surface area (Å²) in [6.45, 7) is 0. The maximum Gasteiger partial charge on any atom is 0.306 e. The average Bonchev–Trinajstić information content (AvgIpc) is 2.93. The Hall–Kier alpha value is -3.75. The summed E-state index contributed by atoms with van der Waals surface area (Å²) in [6, 6.07) is 10.2. The van der Waals surface area contributed by atoms with Crippen LogP contribution in [0.5, 0.6) is 0 Å². The van der Waals surface area contributed by atoms with Gasteiger partial charge in [0.1, 0.15) is 5.69 Å². The third-order valence-electron chi connectivity index (χ3n) is 3.91. The Kier molecular flexibility index (Phi) is 2.67. The molecule has 0 bridgehead atoms. The number of rotatable bonds is 2. The molecule has 118 valence electrons. The van der Waals surface area contributed by atoms with Gasteiger partial charge in [0.15, 0.2) is 5.69 Å². The minimum absolute atomic E-state index is 0.0169. The molecule has 2 aliphatic rings. The van der Waals surface area contributed by atoms with Crippen molar-refractivity contribution in [1.29, 1.82) is 0 Å². The number of aromatic nitrogens is 2. The van der Waals surface area contributed by atoms with E-state index in [0.29, 0.717) is 5.52 Å². The smallest absolute Gasteiger partial charge is 0.306 e. The fourth-order valence-electron chi connectivity index (χ4n) is 2.90. The summed E-state index contributed by atoms with van der Waals surface area (Å²) in [7, 11) is 0. The zero-order valence-corrected chi connectivity index (χ0v) is 11.9. The summed E-state index contributed by atoms with van der Waals surface area (Å²) in [5.41, 5.74) is 0.169. The monoisotopic (exact) mass is 324 g/mol. The van der Waals surface area contributed by atoms with Crippen LogP contribution in [0.2, 0.25) is 0 Å². The molecule has 9 nitrogen and oxygen atoms in total. The van der Waals surface area contributed by atoms with Crippen LogP contribution < -0.4 is 0 Å². The van der Waals surface area contributed by atoms with Crippen molar-refractivity contribution in [3.05, 3.63) is 62.7 Å². The second kappa shape index (κ2) is 4.62. The van der Waals surface area contributed by atoms with Crippen LogP contribution in [0.3, 0.4) is 0 Å². The van der Waals surface area contributed by atoms with Crippen molar-refractivity contribution < 1.29 is 15.1 Å². The second-order valence-electron chi connectivity index (χ2n) is 5.20. The molecule has 0 amide bonds. The number of hydrogen-bond acceptors (Lipinski definition) is 6. The normalized spacial score (nSPS) is 11.3. The lowest BCUT2D eigenvalue weighted by Gasteiger charge is -2.11. The van der Waals surface area contributed by atoms with Crippen LogP contribution in [0.4, 0.5) is 11.4 Å². The van der Waals surface area contributed by atoms with Gasteiger partial charge in [0, 0.05) is 17.5 Å². The van der Waals surface area contributed by atoms with Gasteiger partial charge in [-0.3, -0.25) is 20.2 Å². The Labute approximate surface area is 133 Å². The van der Waals surface area contributed by atoms with E-state index in [1.165, 1.54) is 30.3 Å². The van der Waals surface area contributed by atoms with E-state index < -0.39 is 9.85 Å². The highest BCUT2D eigenvalue weighted by Crippen LogP contribution is 2.42. The van der Waals surface area contributed by atoms with Crippen LogP contribution in [0.1, 0.15) is 0 Å². The largest absolute Gasteiger partial charge is 0.428 e. The lowest BCUT2D eigenvalue weighted by molar-refractivity contribution is -0.384. The molecule has 0 saturated heterocycles. The number of nitro benzene ring substituents is 1. The van der Waals surface area contributed by atoms with Gasteiger partial charge in [-0.1, -0.05) is 12.1 Å². The van der Waals surface area contributed by atoms with Crippen LogP contribution >= 0.6 is 0 Å². The van der Waals surface area contributed by atoms with Crippen molar-refractivity contribution in [2.75, 3.05) is 0 Å². The molecule has 1 N–H and O–H groups in total. The highest BCUT2D eigenvalue weighted by molar-refractivity contribution is 6.06. The first-order chi connectivity index (χ1) is 11.5. The highest BCUT2D eigenvalue weighted by atomic mass is 16.6. The molecule has 0 aliphatic carbocycles. The zero-order chi connectivity index (χ0) is 17.0. The first-order valence-electron chi connectivity index (χ1n) is 6.84. The minimum Gasteiger partial charge on any atom is -0.428 e. The van der Waals surface area contributed by atoms with Gasteiger partial charge in [-0.15, -0.1) is 0 Å². The predicted molar refractivity (Wildman–Crippen MR) is 84.4 cm³/mol. The van der Waals surface area contributed by atoms with Crippen molar-refractivity contribution in [3.8, 4) is 11.4 Å². The fraction of sp³-hybridized carbons (Fsp3) is 0. The van der Waals surface area contributed by atoms with Crippen LogP contribution in [0.25, 0.3) is 33.2 Å². The average molecular weight is 324 g/mol. The number of hydrogen-bond donors (Lipinski definition) is 1. The molecule has 0 saturated carbocycles. The lowest BCUT2D eigenvalue weighted by Crippen LogP contribution is -2.04. The van der Waals surface area contributed by atoms with Crippen LogP contribution in [-0.4, -0.2) is 24.8 Å². The van der Waals surface area contributed by atoms with Crippen molar-refractivity contribution in [2.45, 2.75) is 0 Å². The van der Waals surface area contributed by atoms with E-state index in [1.54, 1.807) is 12.1 Å². The second-order valence-corrected chi connectivity index (χ2v) is 5.20. The summed E-state index contributed by atoms with van der Waals surface area (Å²) >= 11 is 0. The molecule has 0 spiro atoms. The summed E-state index contributed by atoms with van der Waals surface area (Å²) in [4.78, 5) is 25.6. The molecule has 2 heterocycles. The van der Waals surface area contributed by atoms with Gasteiger partial charge >= 0.3 is 5.69 Å². The Morgan fingerprint density at radius 1 is 1.00 bits per heavy atom. The summed E-state index contributed by atoms with van der Waals surface area (Å²) in [5, 5.41) is 33.6. The lowest BCUT2D eigenvalue weighted by atomic mass is 10.1. The molecular formula is C15H8N4O5. The Morgan fingerprint density at radius 2 is 1.75 bits per heavy atom. The predicted octanol–water partition coefficient (Wildman–Crippen LogP) is 3.35. The SMILES string of the molecule is O=[N+]([O-])c1ccc2nc3c([N+](=O)[O-])c4ccccc4n(O)c-3c2c1. The van der Waals surface area contributed by atoms with E-state index in [2.05, 4.69) is 4.98 Å². The molecule has 4 rings (SSSR count). The molecule has 0 fully saturated rings. The third kappa shape index (κ3) is 1.72. The first kappa shape index (κ1) is 13.9. The van der Waals surface area contributed by atoms with Gasteiger partial charge in [-0.2, -0.15) is 4.73 Å². The number of para-hydroxylation sites is 1. The molecule has 0 atom stereocenters. The number of pyridine rings is 1. The quantitative estimate of drug-likeness (QED) is 0.342. The van der Waals surface area contributed by atoms with Crippen molar-refractivity contribution in [1.82, 2.24) is 9.71 Å². The molecule has 2 aliphatic heterocycles. The van der Waals surface area contributed by atoms with Gasteiger partial charge in [0.2, 0.25) is 0 Å². The number of fused-ring (bicyclic) bond motifs is 4. The molecule has 9 heteroatoms. The number of benzene rings is 2. The van der Waals surface area contributed by atoms with Gasteiger partial charge in [0.25, 0.3) is 5.69 Å². The van der Waals surface area contributed by atoms with Gasteiger partial charge in [-0.25, -0.2) is 4.98 Å². The Balaban J connectivity index is 2.26. The van der Waals surface area contributed by atoms with Gasteiger partial charge in [0.05, 0.1) is 26.3 Å². The molecular weight excluding hydrogens is 316 g/mol. The number of non-ortho nitro benzene ring substituents is 1. The van der Waals surface area contributed by atoms with E-state index in [0.717, 1.165) is 4.73 Å². The van der Waals surface area contributed by atoms with Crippen LogP contribution in [0.15, 0.2) is 42.5 Å². The van der Waals surface area contributed by atoms with E-state index >= 15 is 0 Å². The van der Waals surface area contributed by atoms with E-state index in [4.69, 9.17) is 0 Å². The van der Waals surface area contributed by atoms with E-state index in [-0.39, 0.29) is 39.1 Å². The standard InChI is InChI=1S/C15H8N4O5/c20-17-12-4-2-1-3-9(12)15(19(23)24)13-14(17)10-7-8(18(21)22)5-6-11(10)16-13/h1-7,20H. The van der Waals surface area contributed by atoms with Crippen LogP contribution in [0, 0.1) is 20.2 Å². The molecule has 0 radical (unpaired) electrons. The summed E-state index contributed by atoms with van der Waals surface area (Å²) < 4.78 is 0.788. The van der Waals surface area contributed by atoms with E-state index in [1.807, 2.05) is 0 Å². The van der Waals surface area contributed by atoms with Crippen molar-refractivity contribution in [3.63, 3.8) is 0 Å². The van der Waals surface area contributed by atoms with Crippen LogP contribution in [-0.2, 0) is 0 Å². The topological polar surface area (TPSA) is 124 Å². The molecule has 0 aromatic heterocycles. The highest BCUT2D eigenvalue weighted by Gasteiger charge is 2.31. The first-order valence-corrected chi connectivity index (χ1v) is 6.84. The fourth-order valence-corrected chi connectivity index (χ4v) is 2.90. The molecule has 2 aromatic rings. The molecule has 2 aromatic carbocycles. The van der Waals surface area contributed by atoms with Crippen molar-refractivity contribution in [2.24, 2.45) is 0 Å². The third-order valence-corrected chi connectivity index (χ3v) is 3.91. The Morgan fingerprint density at radius 3 is 2.46 bits per heavy atom. The summed E-state index contributed by atoms with van der Waals surface area (Å²) in [6.07, 6.45) is 0. The maximum absolute atomic E-state index is 11.6. The maximum atomic E-state index is 11.6. The molecule has 0 unspecified atom stereocenters. The summed E-state index contributed by atoms with van der Waals surface area (Å²) in [5.74, 6) is 0. The molecule has 24 heavy (non-hydrogen) atoms. The minimum atomic E-state index is -0.574. The zero-order valence-electron chi connectivity index (χ0n) is 11.9. The number of nitro groups is 2. The van der Waals surface area contributed by atoms with E-state index in [9.17, 15) is 25.4 Å². The van der Waals surface area contributed by atoms with Crippen molar-refractivity contribution >= 4 is 33.2 Å². The van der Waals surface area contributed by atoms with Gasteiger partial charge in [-0.05, 0) is 18.2 Å².